The van der Waals surface area contributed by atoms with Gasteiger partial charge in [0.1, 0.15) is 0 Å². The molecule has 0 nitrogen and oxygen atoms in total. The van der Waals surface area contributed by atoms with Crippen LogP contribution in [0.5, 0.6) is 0 Å². The van der Waals surface area contributed by atoms with Gasteiger partial charge in [0.15, 0.2) is 0 Å². The van der Waals surface area contributed by atoms with Gasteiger partial charge in [0.25, 0.3) is 0 Å². The van der Waals surface area contributed by atoms with Gasteiger partial charge in [0.05, 0.1) is 0 Å². The first-order valence-electron chi connectivity index (χ1n) is 17.7. The van der Waals surface area contributed by atoms with Crippen molar-refractivity contribution in [2.45, 2.75) is 215 Å². The Balaban J connectivity index is 0.000000245. The Hall–Kier alpha value is 0. The molecule has 0 N–H and O–H groups in total. The van der Waals surface area contributed by atoms with E-state index in [0.29, 0.717) is 0 Å². The van der Waals surface area contributed by atoms with Crippen molar-refractivity contribution in [1.29, 1.82) is 0 Å². The van der Waals surface area contributed by atoms with E-state index in [2.05, 4.69) is 0 Å². The Morgan fingerprint density at radius 2 is 0.333 bits per heavy atom. The Bertz CT molecular complexity index is 431. The van der Waals surface area contributed by atoms with Crippen LogP contribution in [-0.4, -0.2) is 0 Å². The molecule has 0 radical (unpaired) electrons. The highest BCUT2D eigenvalue weighted by molar-refractivity contribution is 4.89. The van der Waals surface area contributed by atoms with E-state index in [-0.39, 0.29) is 0 Å². The SMILES string of the molecule is C1CCC2(CC1)CCC2.C1CCC2(CC1)CCCC2.C1CCC2(CC1)CCCCC2.CC.CC.CC. The Kier molecular flexibility index (Phi) is 18.9. The van der Waals surface area contributed by atoms with Gasteiger partial charge < -0.3 is 0 Å². The van der Waals surface area contributed by atoms with Crippen molar-refractivity contribution in [3.05, 3.63) is 0 Å². The maximum absolute atomic E-state index is 2.00. The molecular weight excluding hydrogens is 432 g/mol. The third kappa shape index (κ3) is 11.4. The minimum atomic E-state index is 0.858. The second-order valence-corrected chi connectivity index (χ2v) is 12.8. The van der Waals surface area contributed by atoms with E-state index in [4.69, 9.17) is 0 Å². The first-order chi connectivity index (χ1) is 17.7. The van der Waals surface area contributed by atoms with E-state index in [1.165, 1.54) is 96.3 Å². The van der Waals surface area contributed by atoms with Crippen molar-refractivity contribution in [2.24, 2.45) is 16.2 Å². The molecule has 6 aliphatic carbocycles. The maximum Gasteiger partial charge on any atom is -0.0297 e. The van der Waals surface area contributed by atoms with E-state index in [9.17, 15) is 0 Å². The molecule has 0 heteroatoms. The normalized spacial score (nSPS) is 26.5. The van der Waals surface area contributed by atoms with Crippen LogP contribution in [0.2, 0.25) is 0 Å². The van der Waals surface area contributed by atoms with Gasteiger partial charge in [-0.3, -0.25) is 0 Å². The zero-order chi connectivity index (χ0) is 26.6. The van der Waals surface area contributed by atoms with Gasteiger partial charge in [-0.15, -0.1) is 0 Å². The topological polar surface area (TPSA) is 0 Å². The van der Waals surface area contributed by atoms with Crippen LogP contribution in [0.1, 0.15) is 215 Å². The van der Waals surface area contributed by atoms with E-state index < -0.39 is 0 Å². The standard InChI is InChI=1S/C11H20.C10H18.C9H16.3C2H6/c1-3-7-11(8-4-1)9-5-2-6-10-11;1-2-6-10(7-3-1)8-4-5-9-10;1-2-5-9(6-3-1)7-4-8-9;3*1-2/h1-10H2;1-9H2;1-8H2;3*1-2H3. The summed E-state index contributed by atoms with van der Waals surface area (Å²) in [6, 6.07) is 0. The van der Waals surface area contributed by atoms with Gasteiger partial charge in [-0.1, -0.05) is 138 Å². The summed E-state index contributed by atoms with van der Waals surface area (Å²) in [5.41, 5.74) is 2.63. The van der Waals surface area contributed by atoms with Crippen LogP contribution < -0.4 is 0 Å². The lowest BCUT2D eigenvalue weighted by Gasteiger charge is -2.45. The summed E-state index contributed by atoms with van der Waals surface area (Å²) >= 11 is 0. The van der Waals surface area contributed by atoms with Gasteiger partial charge in [-0.2, -0.15) is 0 Å². The fourth-order valence-corrected chi connectivity index (χ4v) is 8.51. The molecule has 0 amide bonds. The molecule has 0 heterocycles. The molecule has 6 aliphatic rings. The summed E-state index contributed by atoms with van der Waals surface area (Å²) in [6.45, 7) is 12.0. The molecule has 6 rings (SSSR count). The molecule has 0 aromatic heterocycles. The van der Waals surface area contributed by atoms with Crippen LogP contribution in [0.4, 0.5) is 0 Å². The minimum Gasteiger partial charge on any atom is -0.0683 e. The van der Waals surface area contributed by atoms with Crippen molar-refractivity contribution in [3.63, 3.8) is 0 Å². The molecule has 3 spiro atoms. The predicted molar refractivity (Wildman–Crippen MR) is 166 cm³/mol. The zero-order valence-electron chi connectivity index (χ0n) is 26.6. The second kappa shape index (κ2) is 20.0. The lowest BCUT2D eigenvalue weighted by atomic mass is 9.61. The van der Waals surface area contributed by atoms with E-state index in [0.717, 1.165) is 16.2 Å². The van der Waals surface area contributed by atoms with Crippen LogP contribution in [0, 0.1) is 16.2 Å². The van der Waals surface area contributed by atoms with Crippen molar-refractivity contribution in [1.82, 2.24) is 0 Å². The molecule has 216 valence electrons. The fourth-order valence-electron chi connectivity index (χ4n) is 8.51. The van der Waals surface area contributed by atoms with E-state index in [1.54, 1.807) is 77.0 Å². The molecular formula is C36H72. The van der Waals surface area contributed by atoms with E-state index in [1.807, 2.05) is 41.5 Å². The molecule has 6 fully saturated rings. The first kappa shape index (κ1) is 34.0. The molecule has 0 bridgehead atoms. The van der Waals surface area contributed by atoms with Gasteiger partial charge >= 0.3 is 0 Å². The summed E-state index contributed by atoms with van der Waals surface area (Å²) in [5.74, 6) is 0. The van der Waals surface area contributed by atoms with Gasteiger partial charge in [-0.25, -0.2) is 0 Å². The second-order valence-electron chi connectivity index (χ2n) is 12.8. The summed E-state index contributed by atoms with van der Waals surface area (Å²) in [5, 5.41) is 0. The Labute approximate surface area is 231 Å². The largest absolute Gasteiger partial charge is 0.0683 e. The molecule has 0 aromatic carbocycles. The Morgan fingerprint density at radius 1 is 0.194 bits per heavy atom. The molecule has 36 heavy (non-hydrogen) atoms. The quantitative estimate of drug-likeness (QED) is 0.307. The van der Waals surface area contributed by atoms with Crippen molar-refractivity contribution in [2.75, 3.05) is 0 Å². The predicted octanol–water partition coefficient (Wildman–Crippen LogP) is 13.6. The van der Waals surface area contributed by atoms with Gasteiger partial charge in [-0.05, 0) is 93.3 Å². The average molecular weight is 505 g/mol. The highest BCUT2D eigenvalue weighted by Crippen LogP contribution is 2.51. The highest BCUT2D eigenvalue weighted by Gasteiger charge is 2.37. The highest BCUT2D eigenvalue weighted by atomic mass is 14.4. The van der Waals surface area contributed by atoms with Crippen LogP contribution in [0.3, 0.4) is 0 Å². The average Bonchev–Trinajstić information content (AvgIpc) is 3.41. The van der Waals surface area contributed by atoms with Crippen molar-refractivity contribution >= 4 is 0 Å². The zero-order valence-corrected chi connectivity index (χ0v) is 26.6. The number of rotatable bonds is 0. The summed E-state index contributed by atoms with van der Waals surface area (Å²) < 4.78 is 0. The van der Waals surface area contributed by atoms with Crippen LogP contribution in [-0.2, 0) is 0 Å². The smallest absolute Gasteiger partial charge is 0.0297 e. The fraction of sp³-hybridized carbons (Fsp3) is 1.00. The number of hydrogen-bond donors (Lipinski definition) is 0. The third-order valence-electron chi connectivity index (χ3n) is 10.7. The molecule has 0 saturated heterocycles. The Morgan fingerprint density at radius 3 is 0.472 bits per heavy atom. The van der Waals surface area contributed by atoms with Crippen molar-refractivity contribution in [3.8, 4) is 0 Å². The molecule has 0 aliphatic heterocycles. The molecule has 0 aromatic rings. The minimum absolute atomic E-state index is 0.858. The monoisotopic (exact) mass is 505 g/mol. The lowest BCUT2D eigenvalue weighted by molar-refractivity contribution is 0.0775. The van der Waals surface area contributed by atoms with Crippen molar-refractivity contribution < 1.29 is 0 Å². The number of hydrogen-bond acceptors (Lipinski definition) is 0. The van der Waals surface area contributed by atoms with Crippen LogP contribution >= 0.6 is 0 Å². The van der Waals surface area contributed by atoms with Crippen LogP contribution in [0.15, 0.2) is 0 Å². The molecule has 0 atom stereocenters. The molecule has 0 unspecified atom stereocenters. The first-order valence-corrected chi connectivity index (χ1v) is 17.7. The maximum atomic E-state index is 2.00. The van der Waals surface area contributed by atoms with E-state index >= 15 is 0 Å². The van der Waals surface area contributed by atoms with Gasteiger partial charge in [0.2, 0.25) is 0 Å². The van der Waals surface area contributed by atoms with Crippen LogP contribution in [0.25, 0.3) is 0 Å². The summed E-state index contributed by atoms with van der Waals surface area (Å²) in [7, 11) is 0. The summed E-state index contributed by atoms with van der Waals surface area (Å²) in [4.78, 5) is 0. The third-order valence-corrected chi connectivity index (χ3v) is 10.7. The molecule has 6 saturated carbocycles. The lowest BCUT2D eigenvalue weighted by Crippen LogP contribution is -2.31. The summed E-state index contributed by atoms with van der Waals surface area (Å²) in [6.07, 6.45) is 41.6. The van der Waals surface area contributed by atoms with Gasteiger partial charge in [0, 0.05) is 0 Å².